The van der Waals surface area contributed by atoms with E-state index in [0.29, 0.717) is 19.2 Å². The third-order valence-electron chi connectivity index (χ3n) is 3.82. The van der Waals surface area contributed by atoms with Crippen molar-refractivity contribution in [1.82, 2.24) is 10.6 Å². The molecule has 1 aliphatic heterocycles. The lowest BCUT2D eigenvalue weighted by Crippen LogP contribution is -2.50. The van der Waals surface area contributed by atoms with E-state index in [9.17, 15) is 4.79 Å². The maximum atomic E-state index is 12.0. The van der Waals surface area contributed by atoms with E-state index in [1.807, 2.05) is 0 Å². The van der Waals surface area contributed by atoms with Crippen LogP contribution in [-0.2, 0) is 9.53 Å². The third-order valence-corrected chi connectivity index (χ3v) is 3.82. The van der Waals surface area contributed by atoms with E-state index < -0.39 is 0 Å². The number of rotatable bonds is 2. The number of hydrogen-bond acceptors (Lipinski definition) is 3. The van der Waals surface area contributed by atoms with Gasteiger partial charge in [0, 0.05) is 19.1 Å². The molecule has 3 atom stereocenters. The molecule has 0 spiro atoms. The van der Waals surface area contributed by atoms with Gasteiger partial charge in [0.25, 0.3) is 5.91 Å². The van der Waals surface area contributed by atoms with Gasteiger partial charge in [0.05, 0.1) is 6.61 Å². The standard InChI is InChI=1S/C13H24N2O2.ClH/c1-10-3-2-4-11(6-5-10)15-13(16)12-9-14-7-8-17-12;/h10-12,14H,2-9H2,1H3,(H,15,16);1H. The second-order valence-corrected chi connectivity index (χ2v) is 5.38. The van der Waals surface area contributed by atoms with Crippen molar-refractivity contribution in [3.8, 4) is 0 Å². The zero-order chi connectivity index (χ0) is 12.1. The third kappa shape index (κ3) is 4.75. The quantitative estimate of drug-likeness (QED) is 0.751. The lowest BCUT2D eigenvalue weighted by atomic mass is 10.0. The van der Waals surface area contributed by atoms with E-state index in [-0.39, 0.29) is 24.4 Å². The Labute approximate surface area is 116 Å². The lowest BCUT2D eigenvalue weighted by molar-refractivity contribution is -0.135. The molecule has 4 nitrogen and oxygen atoms in total. The monoisotopic (exact) mass is 276 g/mol. The zero-order valence-electron chi connectivity index (χ0n) is 11.1. The molecule has 18 heavy (non-hydrogen) atoms. The van der Waals surface area contributed by atoms with Crippen LogP contribution in [0.15, 0.2) is 0 Å². The second-order valence-electron chi connectivity index (χ2n) is 5.38. The van der Waals surface area contributed by atoms with Crippen LogP contribution in [0.5, 0.6) is 0 Å². The zero-order valence-corrected chi connectivity index (χ0v) is 11.9. The maximum Gasteiger partial charge on any atom is 0.250 e. The van der Waals surface area contributed by atoms with Crippen LogP contribution in [0.1, 0.15) is 39.0 Å². The molecule has 2 aliphatic rings. The molecule has 1 heterocycles. The Morgan fingerprint density at radius 1 is 1.28 bits per heavy atom. The van der Waals surface area contributed by atoms with Crippen molar-refractivity contribution in [2.24, 2.45) is 5.92 Å². The van der Waals surface area contributed by atoms with E-state index in [4.69, 9.17) is 4.74 Å². The number of amides is 1. The highest BCUT2D eigenvalue weighted by molar-refractivity contribution is 5.85. The SMILES string of the molecule is CC1CCCC(NC(=O)C2CNCCO2)CC1.Cl. The summed E-state index contributed by atoms with van der Waals surface area (Å²) >= 11 is 0. The number of nitrogens with one attached hydrogen (secondary N) is 2. The summed E-state index contributed by atoms with van der Waals surface area (Å²) in [7, 11) is 0. The van der Waals surface area contributed by atoms with Crippen LogP contribution in [-0.4, -0.2) is 37.7 Å². The number of halogens is 1. The van der Waals surface area contributed by atoms with Crippen LogP contribution in [0.25, 0.3) is 0 Å². The van der Waals surface area contributed by atoms with Crippen molar-refractivity contribution in [2.75, 3.05) is 19.7 Å². The summed E-state index contributed by atoms with van der Waals surface area (Å²) in [6.07, 6.45) is 5.71. The van der Waals surface area contributed by atoms with Crippen LogP contribution >= 0.6 is 12.4 Å². The fourth-order valence-electron chi connectivity index (χ4n) is 2.66. The van der Waals surface area contributed by atoms with Gasteiger partial charge in [-0.1, -0.05) is 19.8 Å². The molecule has 2 N–H and O–H groups in total. The molecule has 1 amide bonds. The van der Waals surface area contributed by atoms with Crippen molar-refractivity contribution in [3.05, 3.63) is 0 Å². The Kier molecular flexibility index (Phi) is 6.97. The van der Waals surface area contributed by atoms with Gasteiger partial charge in [-0.25, -0.2) is 0 Å². The number of carbonyl (C=O) groups excluding carboxylic acids is 1. The minimum atomic E-state index is -0.288. The summed E-state index contributed by atoms with van der Waals surface area (Å²) < 4.78 is 5.46. The maximum absolute atomic E-state index is 12.0. The van der Waals surface area contributed by atoms with Gasteiger partial charge >= 0.3 is 0 Å². The summed E-state index contributed by atoms with van der Waals surface area (Å²) in [6.45, 7) is 4.44. The molecule has 5 heteroatoms. The minimum Gasteiger partial charge on any atom is -0.366 e. The largest absolute Gasteiger partial charge is 0.366 e. The number of morpholine rings is 1. The Morgan fingerprint density at radius 3 is 2.83 bits per heavy atom. The van der Waals surface area contributed by atoms with Gasteiger partial charge in [-0.05, 0) is 25.2 Å². The van der Waals surface area contributed by atoms with E-state index in [2.05, 4.69) is 17.6 Å². The molecule has 3 unspecified atom stereocenters. The highest BCUT2D eigenvalue weighted by atomic mass is 35.5. The van der Waals surface area contributed by atoms with Crippen LogP contribution in [0, 0.1) is 5.92 Å². The first kappa shape index (κ1) is 15.7. The summed E-state index contributed by atoms with van der Waals surface area (Å²) in [5, 5.41) is 6.33. The minimum absolute atomic E-state index is 0. The van der Waals surface area contributed by atoms with Gasteiger partial charge in [0.2, 0.25) is 0 Å². The molecular weight excluding hydrogens is 252 g/mol. The first-order valence-electron chi connectivity index (χ1n) is 6.88. The molecule has 0 aromatic carbocycles. The summed E-state index contributed by atoms with van der Waals surface area (Å²) in [5.41, 5.74) is 0. The molecule has 0 aromatic rings. The van der Waals surface area contributed by atoms with Crippen LogP contribution < -0.4 is 10.6 Å². The van der Waals surface area contributed by atoms with Gasteiger partial charge in [-0.15, -0.1) is 12.4 Å². The molecule has 0 radical (unpaired) electrons. The Bertz CT molecular complexity index is 257. The van der Waals surface area contributed by atoms with Gasteiger partial charge in [0.15, 0.2) is 0 Å². The number of ether oxygens (including phenoxy) is 1. The normalized spacial score (nSPS) is 33.1. The van der Waals surface area contributed by atoms with Crippen LogP contribution in [0.4, 0.5) is 0 Å². The first-order chi connectivity index (χ1) is 8.25. The van der Waals surface area contributed by atoms with Gasteiger partial charge in [-0.2, -0.15) is 0 Å². The smallest absolute Gasteiger partial charge is 0.250 e. The fraction of sp³-hybridized carbons (Fsp3) is 0.923. The van der Waals surface area contributed by atoms with Gasteiger partial charge in [0.1, 0.15) is 6.10 Å². The Hall–Kier alpha value is -0.320. The number of carbonyl (C=O) groups is 1. The summed E-state index contributed by atoms with van der Waals surface area (Å²) in [4.78, 5) is 12.0. The van der Waals surface area contributed by atoms with E-state index >= 15 is 0 Å². The predicted octanol–water partition coefficient (Wildman–Crippen LogP) is 1.48. The lowest BCUT2D eigenvalue weighted by Gasteiger charge is -2.25. The Morgan fingerprint density at radius 2 is 2.11 bits per heavy atom. The van der Waals surface area contributed by atoms with Gasteiger partial charge < -0.3 is 15.4 Å². The van der Waals surface area contributed by atoms with Crippen molar-refractivity contribution in [2.45, 2.75) is 51.2 Å². The average molecular weight is 277 g/mol. The van der Waals surface area contributed by atoms with Crippen molar-refractivity contribution >= 4 is 18.3 Å². The summed E-state index contributed by atoms with van der Waals surface area (Å²) in [6, 6.07) is 0.359. The highest BCUT2D eigenvalue weighted by Crippen LogP contribution is 2.22. The average Bonchev–Trinajstić information content (AvgIpc) is 2.56. The first-order valence-corrected chi connectivity index (χ1v) is 6.88. The topological polar surface area (TPSA) is 50.4 Å². The van der Waals surface area contributed by atoms with Crippen LogP contribution in [0.2, 0.25) is 0 Å². The van der Waals surface area contributed by atoms with Crippen molar-refractivity contribution in [3.63, 3.8) is 0 Å². The molecule has 2 fully saturated rings. The van der Waals surface area contributed by atoms with Crippen molar-refractivity contribution < 1.29 is 9.53 Å². The molecular formula is C13H25ClN2O2. The molecule has 1 aliphatic carbocycles. The molecule has 1 saturated carbocycles. The Balaban J connectivity index is 0.00000162. The molecule has 0 bridgehead atoms. The van der Waals surface area contributed by atoms with Crippen molar-refractivity contribution in [1.29, 1.82) is 0 Å². The van der Waals surface area contributed by atoms with Crippen LogP contribution in [0.3, 0.4) is 0 Å². The van der Waals surface area contributed by atoms with E-state index in [0.717, 1.165) is 25.3 Å². The molecule has 0 aromatic heterocycles. The second kappa shape index (κ2) is 7.97. The van der Waals surface area contributed by atoms with E-state index in [1.165, 1.54) is 19.3 Å². The van der Waals surface area contributed by atoms with E-state index in [1.54, 1.807) is 0 Å². The molecule has 106 valence electrons. The molecule has 2 rings (SSSR count). The van der Waals surface area contributed by atoms with Gasteiger partial charge in [-0.3, -0.25) is 4.79 Å². The molecule has 1 saturated heterocycles. The number of hydrogen-bond donors (Lipinski definition) is 2. The highest BCUT2D eigenvalue weighted by Gasteiger charge is 2.25. The fourth-order valence-corrected chi connectivity index (χ4v) is 2.66. The predicted molar refractivity (Wildman–Crippen MR) is 74.0 cm³/mol. The summed E-state index contributed by atoms with van der Waals surface area (Å²) in [5.74, 6) is 0.876.